The predicted molar refractivity (Wildman–Crippen MR) is 0 cm³/mol. The molecule has 0 saturated heterocycles. The van der Waals surface area contributed by atoms with E-state index >= 15 is 0 Å². The summed E-state index contributed by atoms with van der Waals surface area (Å²) in [6, 6.07) is 0. The van der Waals surface area contributed by atoms with Gasteiger partial charge >= 0.3 is 0 Å². The Kier molecular flexibility index (Phi) is 3430. The van der Waals surface area contributed by atoms with E-state index in [0.717, 1.165) is 0 Å². The molecule has 0 aromatic carbocycles. The molecule has 0 aliphatic carbocycles. The maximum atomic E-state index is 0. The van der Waals surface area contributed by atoms with E-state index in [0.29, 0.717) is 0 Å². The monoisotopic (exact) mass is 5510 g/mol. The molecular weight excluding hydrogens is 5510 g/mol. The average Bonchev–Trinajstić information content (AvgIpc) is 0. The molecule has 0 rings (SSSR count). The molecule has 62 radical (unpaired) electrons. The van der Waals surface area contributed by atoms with Crippen molar-refractivity contribution in [3.8, 4) is 0 Å². The van der Waals surface area contributed by atoms with Gasteiger partial charge in [-0.25, -0.2) is 0 Å². The quantitative estimate of drug-likeness (QED) is 0.317. The molecule has 0 atom stereocenters. The van der Waals surface area contributed by atoms with E-state index in [1.807, 2.05) is 0 Å². The van der Waals surface area contributed by atoms with Crippen LogP contribution in [0.25, 0.3) is 0 Å². The zero-order valence-electron chi connectivity index (χ0n) is 35.8. The Bertz CT molecular complexity index is 0. The molecule has 0 fully saturated rings. The molecule has 0 amide bonds. The first-order valence-corrected chi connectivity index (χ1v) is 0. The predicted octanol–water partition coefficient (Wildman–Crippen LogP) is -0.155. The third kappa shape index (κ3) is 445. The van der Waals surface area contributed by atoms with E-state index in [-0.39, 0.29) is 2030 Å². The molecule has 0 nitrogen and oxygen atoms in total. The molecule has 186 valence electrons. The molecule has 0 aromatic heterocycles. The first-order chi connectivity index (χ1) is 0. The van der Waals surface area contributed by atoms with Crippen LogP contribution in [0.15, 0.2) is 0 Å². The molecule has 0 spiro atoms. The Morgan fingerprint density at radius 1 is 0.0161 bits per heavy atom. The van der Waals surface area contributed by atoms with Gasteiger partial charge in [0.05, 0.1) is 0 Å². The molecular formula is Y62. The van der Waals surface area contributed by atoms with Gasteiger partial charge in [0.15, 0.2) is 0 Å². The summed E-state index contributed by atoms with van der Waals surface area (Å²) in [5.41, 5.74) is 0. The zero-order valence-corrected chi connectivity index (χ0v) is 212. The largest absolute Gasteiger partial charge is 0 e. The Morgan fingerprint density at radius 3 is 0.0161 bits per heavy atom. The summed E-state index contributed by atoms with van der Waals surface area (Å²) in [4.78, 5) is 0. The summed E-state index contributed by atoms with van der Waals surface area (Å²) in [6.45, 7) is 0. The minimum absolute atomic E-state index is 0. The minimum atomic E-state index is 0. The van der Waals surface area contributed by atoms with Gasteiger partial charge in [-0.2, -0.15) is 0 Å². The Balaban J connectivity index is 0. The van der Waals surface area contributed by atoms with Crippen molar-refractivity contribution in [1.29, 1.82) is 0 Å². The molecule has 62 heavy (non-hydrogen) atoms. The van der Waals surface area contributed by atoms with Gasteiger partial charge in [-0.3, -0.25) is 0 Å². The summed E-state index contributed by atoms with van der Waals surface area (Å²) in [5.74, 6) is 0. The smallest absolute Gasteiger partial charge is 0 e. The fourth-order valence-corrected chi connectivity index (χ4v) is 0. The Labute approximate surface area is 1950 Å². The van der Waals surface area contributed by atoms with Gasteiger partial charge in [-0.05, 0) is 0 Å². The SMILES string of the molecule is [Y].[Y].[Y].[Y].[Y].[Y].[Y].[Y].[Y].[Y].[Y].[Y].[Y].[Y].[Y].[Y].[Y].[Y].[Y].[Y].[Y].[Y].[Y].[Y].[Y].[Y].[Y].[Y].[Y].[Y].[Y].[Y].[Y].[Y].[Y].[Y].[Y].[Y].[Y].[Y].[Y].[Y].[Y].[Y].[Y].[Y].[Y].[Y].[Y].[Y].[Y].[Y].[Y].[Y].[Y].[Y].[Y].[Y].[Y].[Y].[Y].[Y]. The fraction of sp³-hybridized carbons (Fsp3) is 0. The molecule has 0 saturated carbocycles. The third-order valence-electron chi connectivity index (χ3n) is 0. The van der Waals surface area contributed by atoms with Crippen LogP contribution in [0.3, 0.4) is 0 Å². The molecule has 0 bridgehead atoms. The second kappa shape index (κ2) is 456. The molecule has 0 unspecified atom stereocenters. The van der Waals surface area contributed by atoms with Crippen molar-refractivity contribution in [1.82, 2.24) is 0 Å². The van der Waals surface area contributed by atoms with Crippen molar-refractivity contribution in [3.05, 3.63) is 0 Å². The minimum Gasteiger partial charge on any atom is 0 e. The van der Waals surface area contributed by atoms with Gasteiger partial charge in [0.1, 0.15) is 0 Å². The van der Waals surface area contributed by atoms with Crippen LogP contribution >= 0.6 is 0 Å². The van der Waals surface area contributed by atoms with Crippen LogP contribution in [0.4, 0.5) is 0 Å². The number of rotatable bonds is 0. The van der Waals surface area contributed by atoms with Crippen LogP contribution in [0, 0.1) is 0 Å². The molecule has 0 aliphatic rings. The van der Waals surface area contributed by atoms with E-state index in [1.54, 1.807) is 0 Å². The molecule has 62 heteroatoms. The zero-order chi connectivity index (χ0) is 0. The standard InChI is InChI=1S/62Y. The Morgan fingerprint density at radius 2 is 0.0161 bits per heavy atom. The summed E-state index contributed by atoms with van der Waals surface area (Å²) < 4.78 is 0. The summed E-state index contributed by atoms with van der Waals surface area (Å²) >= 11 is 0. The third-order valence-corrected chi connectivity index (χ3v) is 0. The van der Waals surface area contributed by atoms with Gasteiger partial charge in [0, 0.05) is 2030 Å². The van der Waals surface area contributed by atoms with Crippen LogP contribution in [0.5, 0.6) is 0 Å². The van der Waals surface area contributed by atoms with Crippen molar-refractivity contribution < 1.29 is 2030 Å². The van der Waals surface area contributed by atoms with Crippen LogP contribution < -0.4 is 0 Å². The average molecular weight is 5510 g/mol. The van der Waals surface area contributed by atoms with E-state index in [1.165, 1.54) is 0 Å². The van der Waals surface area contributed by atoms with Crippen LogP contribution in [0.1, 0.15) is 0 Å². The molecule has 0 aliphatic heterocycles. The summed E-state index contributed by atoms with van der Waals surface area (Å²) in [7, 11) is 0. The summed E-state index contributed by atoms with van der Waals surface area (Å²) in [6.07, 6.45) is 0. The molecule has 0 aromatic rings. The van der Waals surface area contributed by atoms with E-state index < -0.39 is 0 Å². The number of hydrogen-bond donors (Lipinski definition) is 0. The van der Waals surface area contributed by atoms with Gasteiger partial charge in [0.2, 0.25) is 0 Å². The Hall–Kier alpha value is 68.4. The van der Waals surface area contributed by atoms with Crippen LogP contribution in [0.2, 0.25) is 0 Å². The van der Waals surface area contributed by atoms with Crippen molar-refractivity contribution in [3.63, 3.8) is 0 Å². The second-order valence-electron chi connectivity index (χ2n) is 0. The maximum absolute atomic E-state index is 0. The van der Waals surface area contributed by atoms with Crippen molar-refractivity contribution in [2.45, 2.75) is 0 Å². The molecule has 0 heterocycles. The van der Waals surface area contributed by atoms with E-state index in [4.69, 9.17) is 0 Å². The van der Waals surface area contributed by atoms with Crippen molar-refractivity contribution in [2.24, 2.45) is 0 Å². The first-order valence-electron chi connectivity index (χ1n) is 0. The van der Waals surface area contributed by atoms with E-state index in [2.05, 4.69) is 0 Å². The van der Waals surface area contributed by atoms with Crippen LogP contribution in [-0.4, -0.2) is 0 Å². The van der Waals surface area contributed by atoms with Crippen molar-refractivity contribution >= 4 is 0 Å². The normalized spacial score (nSPS) is 0. The summed E-state index contributed by atoms with van der Waals surface area (Å²) in [5, 5.41) is 0. The van der Waals surface area contributed by atoms with Crippen molar-refractivity contribution in [2.75, 3.05) is 0 Å². The van der Waals surface area contributed by atoms with Gasteiger partial charge in [-0.1, -0.05) is 0 Å². The second-order valence-corrected chi connectivity index (χ2v) is 0. The van der Waals surface area contributed by atoms with Crippen LogP contribution in [-0.2, 0) is 2030 Å². The maximum Gasteiger partial charge on any atom is 0 e. The topological polar surface area (TPSA) is 0 Å². The van der Waals surface area contributed by atoms with Gasteiger partial charge < -0.3 is 0 Å². The van der Waals surface area contributed by atoms with E-state index in [9.17, 15) is 0 Å². The van der Waals surface area contributed by atoms with Gasteiger partial charge in [0.25, 0.3) is 0 Å². The fourth-order valence-electron chi connectivity index (χ4n) is 0. The van der Waals surface area contributed by atoms with Gasteiger partial charge in [-0.15, -0.1) is 0 Å². The first kappa shape index (κ1) is 467. The molecule has 0 N–H and O–H groups in total. The number of hydrogen-bond acceptors (Lipinski definition) is 0.